The minimum Gasteiger partial charge on any atom is -0.368 e. The van der Waals surface area contributed by atoms with E-state index in [1.54, 1.807) is 24.2 Å². The average molecular weight is 488 g/mol. The van der Waals surface area contributed by atoms with E-state index in [9.17, 15) is 4.79 Å². The molecule has 0 radical (unpaired) electrons. The van der Waals surface area contributed by atoms with E-state index >= 15 is 0 Å². The zero-order chi connectivity index (χ0) is 24.2. The standard InChI is InChI=1S/C28H33N5OS/c1-21-8-10-25(11-9-21)35-27-26(29-12-13-30-27)33-14-4-6-23(20-33)28(34)32-17-15-31(16-18-32)24-7-3-5-22(2)19-24/h3,5,7-13,19,23H,4,6,14-18,20H2,1-2H3. The van der Waals surface area contributed by atoms with E-state index in [1.807, 2.05) is 0 Å². The fourth-order valence-electron chi connectivity index (χ4n) is 4.96. The molecule has 1 amide bonds. The van der Waals surface area contributed by atoms with Crippen molar-refractivity contribution in [3.63, 3.8) is 0 Å². The molecule has 0 saturated carbocycles. The number of anilines is 2. The molecule has 7 heteroatoms. The molecular formula is C28H33N5OS. The van der Waals surface area contributed by atoms with Crippen LogP contribution in [-0.4, -0.2) is 60.0 Å². The van der Waals surface area contributed by atoms with Crippen molar-refractivity contribution in [2.75, 3.05) is 49.1 Å². The first kappa shape index (κ1) is 23.7. The summed E-state index contributed by atoms with van der Waals surface area (Å²) in [7, 11) is 0. The maximum absolute atomic E-state index is 13.5. The van der Waals surface area contributed by atoms with Gasteiger partial charge in [0, 0.05) is 62.2 Å². The second-order valence-corrected chi connectivity index (χ2v) is 10.6. The summed E-state index contributed by atoms with van der Waals surface area (Å²) in [5.41, 5.74) is 3.76. The van der Waals surface area contributed by atoms with Crippen LogP contribution in [0.3, 0.4) is 0 Å². The summed E-state index contributed by atoms with van der Waals surface area (Å²) in [6, 6.07) is 17.1. The number of aromatic nitrogens is 2. The molecule has 5 rings (SSSR count). The number of amides is 1. The van der Waals surface area contributed by atoms with Gasteiger partial charge < -0.3 is 14.7 Å². The molecule has 0 bridgehead atoms. The van der Waals surface area contributed by atoms with Gasteiger partial charge in [-0.05, 0) is 56.5 Å². The quantitative estimate of drug-likeness (QED) is 0.515. The lowest BCUT2D eigenvalue weighted by Gasteiger charge is -2.40. The van der Waals surface area contributed by atoms with E-state index < -0.39 is 0 Å². The van der Waals surface area contributed by atoms with Gasteiger partial charge in [0.05, 0.1) is 5.92 Å². The van der Waals surface area contributed by atoms with Crippen LogP contribution in [0.2, 0.25) is 0 Å². The number of piperidine rings is 1. The molecule has 2 aliphatic heterocycles. The van der Waals surface area contributed by atoms with Crippen molar-refractivity contribution in [1.29, 1.82) is 0 Å². The van der Waals surface area contributed by atoms with Crippen LogP contribution in [0, 0.1) is 19.8 Å². The van der Waals surface area contributed by atoms with Crippen molar-refractivity contribution in [1.82, 2.24) is 14.9 Å². The molecule has 182 valence electrons. The minimum atomic E-state index is 0.00787. The van der Waals surface area contributed by atoms with Gasteiger partial charge in [-0.2, -0.15) is 0 Å². The largest absolute Gasteiger partial charge is 0.368 e. The molecule has 1 atom stereocenters. The fourth-order valence-corrected chi connectivity index (χ4v) is 5.85. The Morgan fingerprint density at radius 3 is 2.43 bits per heavy atom. The Balaban J connectivity index is 1.23. The Hall–Kier alpha value is -3.06. The van der Waals surface area contributed by atoms with E-state index in [0.717, 1.165) is 61.3 Å². The molecule has 3 heterocycles. The summed E-state index contributed by atoms with van der Waals surface area (Å²) in [6.45, 7) is 9.16. The lowest BCUT2D eigenvalue weighted by Crippen LogP contribution is -2.52. The second-order valence-electron chi connectivity index (χ2n) is 9.54. The number of aryl methyl sites for hydroxylation is 2. The number of nitrogens with zero attached hydrogens (tertiary/aromatic N) is 5. The molecule has 2 aliphatic rings. The van der Waals surface area contributed by atoms with Gasteiger partial charge in [-0.1, -0.05) is 41.6 Å². The van der Waals surface area contributed by atoms with Gasteiger partial charge in [0.25, 0.3) is 0 Å². The predicted molar refractivity (Wildman–Crippen MR) is 142 cm³/mol. The van der Waals surface area contributed by atoms with E-state index in [0.29, 0.717) is 6.54 Å². The van der Waals surface area contributed by atoms with Gasteiger partial charge in [0.15, 0.2) is 5.82 Å². The van der Waals surface area contributed by atoms with Crippen molar-refractivity contribution in [3.8, 4) is 0 Å². The van der Waals surface area contributed by atoms with Gasteiger partial charge in [-0.25, -0.2) is 9.97 Å². The SMILES string of the molecule is Cc1ccc(Sc2nccnc2N2CCCC(C(=O)N3CCN(c4cccc(C)c4)CC3)C2)cc1. The summed E-state index contributed by atoms with van der Waals surface area (Å²) in [5.74, 6) is 1.18. The third-order valence-electron chi connectivity index (χ3n) is 6.91. The molecule has 2 saturated heterocycles. The molecule has 2 fully saturated rings. The molecule has 0 aliphatic carbocycles. The first-order valence-corrected chi connectivity index (χ1v) is 13.3. The third-order valence-corrected chi connectivity index (χ3v) is 7.90. The average Bonchev–Trinajstić information content (AvgIpc) is 2.90. The van der Waals surface area contributed by atoms with E-state index in [4.69, 9.17) is 0 Å². The van der Waals surface area contributed by atoms with Crippen LogP contribution in [0.4, 0.5) is 11.5 Å². The minimum absolute atomic E-state index is 0.00787. The zero-order valence-electron chi connectivity index (χ0n) is 20.6. The molecule has 35 heavy (non-hydrogen) atoms. The highest BCUT2D eigenvalue weighted by Gasteiger charge is 2.32. The fraction of sp³-hybridized carbons (Fsp3) is 0.393. The topological polar surface area (TPSA) is 52.6 Å². The Morgan fingerprint density at radius 1 is 0.886 bits per heavy atom. The Morgan fingerprint density at radius 2 is 1.66 bits per heavy atom. The number of rotatable bonds is 5. The summed E-state index contributed by atoms with van der Waals surface area (Å²) in [5, 5.41) is 0.899. The van der Waals surface area contributed by atoms with Gasteiger partial charge >= 0.3 is 0 Å². The van der Waals surface area contributed by atoms with Crippen molar-refractivity contribution < 1.29 is 4.79 Å². The van der Waals surface area contributed by atoms with Crippen molar-refractivity contribution in [2.45, 2.75) is 36.6 Å². The van der Waals surface area contributed by atoms with Crippen LogP contribution in [-0.2, 0) is 4.79 Å². The van der Waals surface area contributed by atoms with E-state index in [1.165, 1.54) is 16.8 Å². The summed E-state index contributed by atoms with van der Waals surface area (Å²) in [6.07, 6.45) is 5.43. The van der Waals surface area contributed by atoms with Gasteiger partial charge in [0.1, 0.15) is 5.03 Å². The molecule has 1 aromatic heterocycles. The highest BCUT2D eigenvalue weighted by atomic mass is 32.2. The van der Waals surface area contributed by atoms with Crippen LogP contribution in [0.25, 0.3) is 0 Å². The van der Waals surface area contributed by atoms with Gasteiger partial charge in [-0.3, -0.25) is 4.79 Å². The number of carbonyl (C=O) groups excluding carboxylic acids is 1. The van der Waals surface area contributed by atoms with Crippen LogP contribution < -0.4 is 9.80 Å². The molecule has 2 aromatic carbocycles. The summed E-state index contributed by atoms with van der Waals surface area (Å²) >= 11 is 1.64. The summed E-state index contributed by atoms with van der Waals surface area (Å²) in [4.78, 5) is 30.7. The van der Waals surface area contributed by atoms with E-state index in [-0.39, 0.29) is 11.8 Å². The monoisotopic (exact) mass is 487 g/mol. The molecule has 0 N–H and O–H groups in total. The number of hydrogen-bond donors (Lipinski definition) is 0. The first-order valence-electron chi connectivity index (χ1n) is 12.5. The maximum Gasteiger partial charge on any atom is 0.227 e. The van der Waals surface area contributed by atoms with Gasteiger partial charge in [0.2, 0.25) is 5.91 Å². The van der Waals surface area contributed by atoms with Crippen molar-refractivity contribution in [2.24, 2.45) is 5.92 Å². The normalized spacial score (nSPS) is 18.6. The number of benzene rings is 2. The van der Waals surface area contributed by atoms with Crippen LogP contribution in [0.15, 0.2) is 70.8 Å². The number of hydrogen-bond acceptors (Lipinski definition) is 6. The summed E-state index contributed by atoms with van der Waals surface area (Å²) < 4.78 is 0. The Bertz CT molecular complexity index is 1160. The zero-order valence-corrected chi connectivity index (χ0v) is 21.4. The highest BCUT2D eigenvalue weighted by Crippen LogP contribution is 2.34. The van der Waals surface area contributed by atoms with Crippen LogP contribution in [0.1, 0.15) is 24.0 Å². The smallest absolute Gasteiger partial charge is 0.227 e. The second kappa shape index (κ2) is 10.7. The molecule has 6 nitrogen and oxygen atoms in total. The number of piperazine rings is 1. The maximum atomic E-state index is 13.5. The van der Waals surface area contributed by atoms with Crippen molar-refractivity contribution in [3.05, 3.63) is 72.1 Å². The third kappa shape index (κ3) is 5.61. The van der Waals surface area contributed by atoms with Crippen LogP contribution in [0.5, 0.6) is 0 Å². The highest BCUT2D eigenvalue weighted by molar-refractivity contribution is 7.99. The van der Waals surface area contributed by atoms with Gasteiger partial charge in [-0.15, -0.1) is 0 Å². The molecule has 1 unspecified atom stereocenters. The van der Waals surface area contributed by atoms with Crippen LogP contribution >= 0.6 is 11.8 Å². The van der Waals surface area contributed by atoms with Crippen molar-refractivity contribution >= 4 is 29.2 Å². The predicted octanol–water partition coefficient (Wildman–Crippen LogP) is 4.81. The number of carbonyl (C=O) groups is 1. The molecule has 0 spiro atoms. The molecular weight excluding hydrogens is 454 g/mol. The Kier molecular flexibility index (Phi) is 7.23. The molecule has 3 aromatic rings. The first-order chi connectivity index (χ1) is 17.1. The lowest BCUT2D eigenvalue weighted by atomic mass is 9.96. The van der Waals surface area contributed by atoms with E-state index in [2.05, 4.69) is 87.0 Å². The lowest BCUT2D eigenvalue weighted by molar-refractivity contribution is -0.136. The Labute approximate surface area is 212 Å².